The van der Waals surface area contributed by atoms with Crippen molar-refractivity contribution in [3.63, 3.8) is 0 Å². The van der Waals surface area contributed by atoms with E-state index in [9.17, 15) is 4.79 Å². The molecule has 0 aromatic rings. The fourth-order valence-corrected chi connectivity index (χ4v) is 0.679. The highest BCUT2D eigenvalue weighted by Crippen LogP contribution is 1.93. The molecule has 0 saturated carbocycles. The van der Waals surface area contributed by atoms with Gasteiger partial charge in [-0.05, 0) is 13.3 Å². The van der Waals surface area contributed by atoms with Crippen LogP contribution in [0, 0.1) is 0 Å². The second kappa shape index (κ2) is 7.06. The van der Waals surface area contributed by atoms with Gasteiger partial charge < -0.3 is 14.6 Å². The minimum Gasteiger partial charge on any atom is -0.480 e. The molecule has 0 aromatic heterocycles. The standard InChI is InChI=1S/C8H16O4/c1-3-4-12-7(2)5-11-6-8(9)10/h7H,3-6H2,1-2H3,(H,9,10). The molecule has 0 bridgehead atoms. The van der Waals surface area contributed by atoms with Crippen molar-refractivity contribution in [2.24, 2.45) is 0 Å². The lowest BCUT2D eigenvalue weighted by molar-refractivity contribution is -0.143. The minimum absolute atomic E-state index is 0.0238. The van der Waals surface area contributed by atoms with Gasteiger partial charge in [-0.15, -0.1) is 0 Å². The Kier molecular flexibility index (Phi) is 6.70. The van der Waals surface area contributed by atoms with Crippen LogP contribution in [0.25, 0.3) is 0 Å². The van der Waals surface area contributed by atoms with E-state index in [4.69, 9.17) is 14.6 Å². The van der Waals surface area contributed by atoms with E-state index in [-0.39, 0.29) is 12.7 Å². The molecule has 0 aliphatic heterocycles. The molecule has 0 saturated heterocycles. The maximum absolute atomic E-state index is 10.0. The maximum Gasteiger partial charge on any atom is 0.329 e. The lowest BCUT2D eigenvalue weighted by Gasteiger charge is -2.11. The van der Waals surface area contributed by atoms with E-state index in [0.29, 0.717) is 13.2 Å². The molecule has 4 heteroatoms. The monoisotopic (exact) mass is 176 g/mol. The third kappa shape index (κ3) is 7.50. The van der Waals surface area contributed by atoms with Crippen molar-refractivity contribution in [3.05, 3.63) is 0 Å². The van der Waals surface area contributed by atoms with Crippen LogP contribution in [0.3, 0.4) is 0 Å². The van der Waals surface area contributed by atoms with Crippen molar-refractivity contribution < 1.29 is 19.4 Å². The number of rotatable bonds is 7. The Bertz CT molecular complexity index is 124. The zero-order valence-corrected chi connectivity index (χ0v) is 7.58. The van der Waals surface area contributed by atoms with Crippen molar-refractivity contribution in [3.8, 4) is 0 Å². The summed E-state index contributed by atoms with van der Waals surface area (Å²) in [7, 11) is 0. The second-order valence-corrected chi connectivity index (χ2v) is 2.59. The summed E-state index contributed by atoms with van der Waals surface area (Å²) in [5.41, 5.74) is 0. The Morgan fingerprint density at radius 1 is 1.58 bits per heavy atom. The largest absolute Gasteiger partial charge is 0.480 e. The summed E-state index contributed by atoms with van der Waals surface area (Å²) in [6.07, 6.45) is 0.938. The molecule has 4 nitrogen and oxygen atoms in total. The fourth-order valence-electron chi connectivity index (χ4n) is 0.679. The number of hydrogen-bond donors (Lipinski definition) is 1. The van der Waals surface area contributed by atoms with Crippen LogP contribution in [-0.2, 0) is 14.3 Å². The van der Waals surface area contributed by atoms with Gasteiger partial charge >= 0.3 is 5.97 Å². The summed E-state index contributed by atoms with van der Waals surface area (Å²) in [5.74, 6) is -0.947. The molecule has 0 rings (SSSR count). The van der Waals surface area contributed by atoms with Crippen molar-refractivity contribution in [2.75, 3.05) is 19.8 Å². The van der Waals surface area contributed by atoms with Gasteiger partial charge in [-0.2, -0.15) is 0 Å². The molecule has 0 aliphatic rings. The Hall–Kier alpha value is -0.610. The van der Waals surface area contributed by atoms with Gasteiger partial charge in [0, 0.05) is 6.61 Å². The van der Waals surface area contributed by atoms with E-state index in [1.165, 1.54) is 0 Å². The van der Waals surface area contributed by atoms with Crippen LogP contribution in [0.5, 0.6) is 0 Å². The first kappa shape index (κ1) is 11.4. The molecular weight excluding hydrogens is 160 g/mol. The minimum atomic E-state index is -0.947. The molecule has 0 spiro atoms. The molecular formula is C8H16O4. The second-order valence-electron chi connectivity index (χ2n) is 2.59. The van der Waals surface area contributed by atoms with Crippen LogP contribution in [0.2, 0.25) is 0 Å². The van der Waals surface area contributed by atoms with Gasteiger partial charge in [-0.25, -0.2) is 4.79 Å². The number of ether oxygens (including phenoxy) is 2. The van der Waals surface area contributed by atoms with Gasteiger partial charge in [0.1, 0.15) is 6.61 Å². The van der Waals surface area contributed by atoms with Crippen LogP contribution < -0.4 is 0 Å². The van der Waals surface area contributed by atoms with Gasteiger partial charge in [0.2, 0.25) is 0 Å². The van der Waals surface area contributed by atoms with Gasteiger partial charge in [-0.3, -0.25) is 0 Å². The Morgan fingerprint density at radius 3 is 2.75 bits per heavy atom. The predicted octanol–water partition coefficient (Wildman–Crippen LogP) is 0.903. The summed E-state index contributed by atoms with van der Waals surface area (Å²) >= 11 is 0. The Balaban J connectivity index is 3.19. The summed E-state index contributed by atoms with van der Waals surface area (Å²) in [6, 6.07) is 0. The average molecular weight is 176 g/mol. The van der Waals surface area contributed by atoms with Crippen LogP contribution in [-0.4, -0.2) is 37.0 Å². The molecule has 0 amide bonds. The van der Waals surface area contributed by atoms with Crippen LogP contribution in [0.15, 0.2) is 0 Å². The summed E-state index contributed by atoms with van der Waals surface area (Å²) in [5, 5.41) is 8.24. The number of carbonyl (C=O) groups is 1. The third-order valence-electron chi connectivity index (χ3n) is 1.18. The SMILES string of the molecule is CCCOC(C)COCC(=O)O. The normalized spacial score (nSPS) is 12.8. The van der Waals surface area contributed by atoms with E-state index in [1.54, 1.807) is 0 Å². The van der Waals surface area contributed by atoms with Gasteiger partial charge in [0.25, 0.3) is 0 Å². The predicted molar refractivity (Wildman–Crippen MR) is 44.2 cm³/mol. The summed E-state index contributed by atoms with van der Waals surface area (Å²) in [4.78, 5) is 10.0. The lowest BCUT2D eigenvalue weighted by atomic mass is 10.4. The van der Waals surface area contributed by atoms with Crippen molar-refractivity contribution in [2.45, 2.75) is 26.4 Å². The smallest absolute Gasteiger partial charge is 0.329 e. The van der Waals surface area contributed by atoms with E-state index >= 15 is 0 Å². The van der Waals surface area contributed by atoms with E-state index in [2.05, 4.69) is 0 Å². The molecule has 0 fully saturated rings. The Labute approximate surface area is 72.5 Å². The average Bonchev–Trinajstić information content (AvgIpc) is 2.00. The number of carboxylic acid groups (broad SMARTS) is 1. The van der Waals surface area contributed by atoms with Crippen LogP contribution in [0.4, 0.5) is 0 Å². The molecule has 0 heterocycles. The third-order valence-corrected chi connectivity index (χ3v) is 1.18. The first-order chi connectivity index (χ1) is 5.66. The molecule has 1 atom stereocenters. The van der Waals surface area contributed by atoms with Crippen molar-refractivity contribution >= 4 is 5.97 Å². The summed E-state index contributed by atoms with van der Waals surface area (Å²) in [6.45, 7) is 4.66. The van der Waals surface area contributed by atoms with E-state index in [1.807, 2.05) is 13.8 Å². The highest BCUT2D eigenvalue weighted by molar-refractivity contribution is 5.67. The van der Waals surface area contributed by atoms with Crippen molar-refractivity contribution in [1.29, 1.82) is 0 Å². The Morgan fingerprint density at radius 2 is 2.25 bits per heavy atom. The molecule has 72 valence electrons. The first-order valence-electron chi connectivity index (χ1n) is 4.08. The molecule has 0 radical (unpaired) electrons. The van der Waals surface area contributed by atoms with Crippen LogP contribution in [0.1, 0.15) is 20.3 Å². The quantitative estimate of drug-likeness (QED) is 0.626. The van der Waals surface area contributed by atoms with Crippen LogP contribution >= 0.6 is 0 Å². The molecule has 1 unspecified atom stereocenters. The molecule has 0 aliphatic carbocycles. The molecule has 12 heavy (non-hydrogen) atoms. The fraction of sp³-hybridized carbons (Fsp3) is 0.875. The topological polar surface area (TPSA) is 55.8 Å². The summed E-state index contributed by atoms with van der Waals surface area (Å²) < 4.78 is 10.1. The first-order valence-corrected chi connectivity index (χ1v) is 4.08. The van der Waals surface area contributed by atoms with Gasteiger partial charge in [0.15, 0.2) is 0 Å². The van der Waals surface area contributed by atoms with Gasteiger partial charge in [-0.1, -0.05) is 6.92 Å². The van der Waals surface area contributed by atoms with Gasteiger partial charge in [0.05, 0.1) is 12.7 Å². The zero-order valence-electron chi connectivity index (χ0n) is 7.58. The maximum atomic E-state index is 10.0. The molecule has 0 aromatic carbocycles. The van der Waals surface area contributed by atoms with E-state index in [0.717, 1.165) is 6.42 Å². The highest BCUT2D eigenvalue weighted by Gasteiger charge is 2.02. The van der Waals surface area contributed by atoms with Crippen molar-refractivity contribution in [1.82, 2.24) is 0 Å². The number of hydrogen-bond acceptors (Lipinski definition) is 3. The zero-order chi connectivity index (χ0) is 9.40. The molecule has 1 N–H and O–H groups in total. The van der Waals surface area contributed by atoms with E-state index < -0.39 is 5.97 Å². The highest BCUT2D eigenvalue weighted by atomic mass is 16.5. The lowest BCUT2D eigenvalue weighted by Crippen LogP contribution is -2.19. The number of aliphatic carboxylic acids is 1. The number of carboxylic acids is 1.